The zero-order valence-corrected chi connectivity index (χ0v) is 15.2. The topological polar surface area (TPSA) is 66.5 Å². The number of carbonyl (C=O) groups is 3. The van der Waals surface area contributed by atoms with E-state index in [0.29, 0.717) is 17.8 Å². The molecular formula is C21H22N2O3. The van der Waals surface area contributed by atoms with E-state index in [1.165, 1.54) is 6.92 Å². The third-order valence-electron chi connectivity index (χ3n) is 4.83. The SMILES string of the molecule is CC(=O)c1cccc(N2CC(C(=O)Nc3ccc(C)c(C)c3)CC2=O)c1. The largest absolute Gasteiger partial charge is 0.326 e. The summed E-state index contributed by atoms with van der Waals surface area (Å²) in [5, 5.41) is 2.90. The Morgan fingerprint density at radius 1 is 1.08 bits per heavy atom. The van der Waals surface area contributed by atoms with Crippen LogP contribution in [0.15, 0.2) is 42.5 Å². The molecule has 0 saturated carbocycles. The van der Waals surface area contributed by atoms with E-state index in [1.54, 1.807) is 29.2 Å². The minimum Gasteiger partial charge on any atom is -0.326 e. The lowest BCUT2D eigenvalue weighted by atomic mass is 10.1. The molecule has 1 N–H and O–H groups in total. The fraction of sp³-hybridized carbons (Fsp3) is 0.286. The van der Waals surface area contributed by atoms with Gasteiger partial charge in [-0.2, -0.15) is 0 Å². The van der Waals surface area contributed by atoms with Crippen LogP contribution in [0.25, 0.3) is 0 Å². The molecule has 1 fully saturated rings. The normalized spacial score (nSPS) is 16.7. The molecule has 1 heterocycles. The van der Waals surface area contributed by atoms with Gasteiger partial charge in [-0.05, 0) is 56.2 Å². The number of carbonyl (C=O) groups excluding carboxylic acids is 3. The Morgan fingerprint density at radius 2 is 1.85 bits per heavy atom. The highest BCUT2D eigenvalue weighted by molar-refractivity contribution is 6.04. The van der Waals surface area contributed by atoms with Crippen molar-refractivity contribution in [2.24, 2.45) is 5.92 Å². The summed E-state index contributed by atoms with van der Waals surface area (Å²) in [6.07, 6.45) is 0.168. The Labute approximate surface area is 153 Å². The van der Waals surface area contributed by atoms with Crippen LogP contribution in [-0.4, -0.2) is 24.1 Å². The van der Waals surface area contributed by atoms with E-state index < -0.39 is 5.92 Å². The summed E-state index contributed by atoms with van der Waals surface area (Å²) in [6, 6.07) is 12.7. The summed E-state index contributed by atoms with van der Waals surface area (Å²) >= 11 is 0. The molecule has 1 unspecified atom stereocenters. The van der Waals surface area contributed by atoms with Gasteiger partial charge in [0.1, 0.15) is 0 Å². The molecule has 5 heteroatoms. The number of nitrogens with zero attached hydrogens (tertiary/aromatic N) is 1. The minimum atomic E-state index is -0.412. The molecule has 1 atom stereocenters. The maximum absolute atomic E-state index is 12.6. The second-order valence-electron chi connectivity index (χ2n) is 6.80. The maximum atomic E-state index is 12.6. The zero-order chi connectivity index (χ0) is 18.8. The van der Waals surface area contributed by atoms with Gasteiger partial charge in [0.15, 0.2) is 5.78 Å². The van der Waals surface area contributed by atoms with Gasteiger partial charge < -0.3 is 10.2 Å². The first-order valence-electron chi connectivity index (χ1n) is 8.64. The molecule has 0 radical (unpaired) electrons. The van der Waals surface area contributed by atoms with Crippen molar-refractivity contribution in [2.45, 2.75) is 27.2 Å². The molecule has 26 heavy (non-hydrogen) atoms. The van der Waals surface area contributed by atoms with Crippen molar-refractivity contribution >= 4 is 29.0 Å². The van der Waals surface area contributed by atoms with Crippen LogP contribution < -0.4 is 10.2 Å². The molecule has 0 aliphatic carbocycles. The van der Waals surface area contributed by atoms with Crippen LogP contribution >= 0.6 is 0 Å². The molecule has 5 nitrogen and oxygen atoms in total. The van der Waals surface area contributed by atoms with E-state index in [2.05, 4.69) is 5.32 Å². The fourth-order valence-corrected chi connectivity index (χ4v) is 3.09. The molecule has 134 valence electrons. The van der Waals surface area contributed by atoms with Gasteiger partial charge in [0.05, 0.1) is 5.92 Å². The molecule has 2 amide bonds. The molecule has 0 bridgehead atoms. The Hall–Kier alpha value is -2.95. The lowest BCUT2D eigenvalue weighted by molar-refractivity contribution is -0.122. The number of anilines is 2. The molecule has 0 aromatic heterocycles. The van der Waals surface area contributed by atoms with E-state index in [1.807, 2.05) is 32.0 Å². The summed E-state index contributed by atoms with van der Waals surface area (Å²) in [7, 11) is 0. The first-order valence-corrected chi connectivity index (χ1v) is 8.64. The van der Waals surface area contributed by atoms with Crippen molar-refractivity contribution in [1.82, 2.24) is 0 Å². The number of amides is 2. The van der Waals surface area contributed by atoms with Gasteiger partial charge in [-0.25, -0.2) is 0 Å². The van der Waals surface area contributed by atoms with Crippen LogP contribution in [0.2, 0.25) is 0 Å². The standard InChI is InChI=1S/C21H22N2O3/c1-13-7-8-18(9-14(13)2)22-21(26)17-11-20(25)23(12-17)19-6-4-5-16(10-19)15(3)24/h4-10,17H,11-12H2,1-3H3,(H,22,26). The number of hydrogen-bond acceptors (Lipinski definition) is 3. The number of rotatable bonds is 4. The van der Waals surface area contributed by atoms with Crippen LogP contribution in [0.5, 0.6) is 0 Å². The number of hydrogen-bond donors (Lipinski definition) is 1. The molecule has 2 aromatic rings. The van der Waals surface area contributed by atoms with Gasteiger partial charge in [0, 0.05) is 29.9 Å². The molecular weight excluding hydrogens is 328 g/mol. The van der Waals surface area contributed by atoms with E-state index in [9.17, 15) is 14.4 Å². The van der Waals surface area contributed by atoms with Crippen LogP contribution in [0, 0.1) is 19.8 Å². The smallest absolute Gasteiger partial charge is 0.229 e. The van der Waals surface area contributed by atoms with Crippen LogP contribution in [-0.2, 0) is 9.59 Å². The molecule has 3 rings (SSSR count). The van der Waals surface area contributed by atoms with Crippen molar-refractivity contribution < 1.29 is 14.4 Å². The van der Waals surface area contributed by atoms with E-state index in [0.717, 1.165) is 16.8 Å². The third kappa shape index (κ3) is 3.67. The van der Waals surface area contributed by atoms with Crippen LogP contribution in [0.4, 0.5) is 11.4 Å². The van der Waals surface area contributed by atoms with E-state index in [4.69, 9.17) is 0 Å². The lowest BCUT2D eigenvalue weighted by Gasteiger charge is -2.17. The number of Topliss-reactive ketones (excluding diaryl/α,β-unsaturated/α-hetero) is 1. The van der Waals surface area contributed by atoms with Gasteiger partial charge in [-0.3, -0.25) is 14.4 Å². The minimum absolute atomic E-state index is 0.0532. The van der Waals surface area contributed by atoms with Gasteiger partial charge >= 0.3 is 0 Å². The Balaban J connectivity index is 1.72. The van der Waals surface area contributed by atoms with Crippen LogP contribution in [0.1, 0.15) is 34.8 Å². The van der Waals surface area contributed by atoms with E-state index >= 15 is 0 Å². The number of ketones is 1. The highest BCUT2D eigenvalue weighted by atomic mass is 16.2. The molecule has 1 aliphatic rings. The van der Waals surface area contributed by atoms with Crippen LogP contribution in [0.3, 0.4) is 0 Å². The quantitative estimate of drug-likeness (QED) is 0.858. The summed E-state index contributed by atoms with van der Waals surface area (Å²) < 4.78 is 0. The number of aryl methyl sites for hydroxylation is 2. The average molecular weight is 350 g/mol. The van der Waals surface area contributed by atoms with Gasteiger partial charge in [0.2, 0.25) is 11.8 Å². The van der Waals surface area contributed by atoms with E-state index in [-0.39, 0.29) is 24.0 Å². The molecule has 0 spiro atoms. The van der Waals surface area contributed by atoms with Gasteiger partial charge in [-0.15, -0.1) is 0 Å². The van der Waals surface area contributed by atoms with Gasteiger partial charge in [0.25, 0.3) is 0 Å². The Morgan fingerprint density at radius 3 is 2.54 bits per heavy atom. The molecule has 1 aliphatic heterocycles. The van der Waals surface area contributed by atoms with Crippen molar-refractivity contribution in [3.8, 4) is 0 Å². The van der Waals surface area contributed by atoms with Crippen molar-refractivity contribution in [1.29, 1.82) is 0 Å². The predicted molar refractivity (Wildman–Crippen MR) is 101 cm³/mol. The monoisotopic (exact) mass is 350 g/mol. The Bertz CT molecular complexity index is 889. The zero-order valence-electron chi connectivity index (χ0n) is 15.2. The maximum Gasteiger partial charge on any atom is 0.229 e. The van der Waals surface area contributed by atoms with Gasteiger partial charge in [-0.1, -0.05) is 18.2 Å². The predicted octanol–water partition coefficient (Wildman–Crippen LogP) is 3.50. The first kappa shape index (κ1) is 17.9. The van der Waals surface area contributed by atoms with Crippen molar-refractivity contribution in [2.75, 3.05) is 16.8 Å². The summed E-state index contributed by atoms with van der Waals surface area (Å²) in [6.45, 7) is 5.82. The second-order valence-corrected chi connectivity index (χ2v) is 6.80. The third-order valence-corrected chi connectivity index (χ3v) is 4.83. The summed E-state index contributed by atoms with van der Waals surface area (Å²) in [4.78, 5) is 38.1. The molecule has 1 saturated heterocycles. The summed E-state index contributed by atoms with van der Waals surface area (Å²) in [5.41, 5.74) is 4.22. The van der Waals surface area contributed by atoms with Crippen molar-refractivity contribution in [3.63, 3.8) is 0 Å². The molecule has 2 aromatic carbocycles. The highest BCUT2D eigenvalue weighted by Gasteiger charge is 2.35. The second kappa shape index (κ2) is 7.12. The van der Waals surface area contributed by atoms with Crippen molar-refractivity contribution in [3.05, 3.63) is 59.2 Å². The highest BCUT2D eigenvalue weighted by Crippen LogP contribution is 2.27. The fourth-order valence-electron chi connectivity index (χ4n) is 3.09. The first-order chi connectivity index (χ1) is 12.3. The Kier molecular flexibility index (Phi) is 4.89. The number of nitrogens with one attached hydrogen (secondary N) is 1. The lowest BCUT2D eigenvalue weighted by Crippen LogP contribution is -2.28. The average Bonchev–Trinajstić information content (AvgIpc) is 3.00. The summed E-state index contributed by atoms with van der Waals surface area (Å²) in [5.74, 6) is -0.731. The number of benzene rings is 2.